The highest BCUT2D eigenvalue weighted by Crippen LogP contribution is 2.21. The molecule has 2 aromatic rings. The van der Waals surface area contributed by atoms with Gasteiger partial charge in [0.1, 0.15) is 12.4 Å². The van der Waals surface area contributed by atoms with Gasteiger partial charge in [-0.15, -0.1) is 0 Å². The van der Waals surface area contributed by atoms with Gasteiger partial charge in [0, 0.05) is 0 Å². The maximum Gasteiger partial charge on any atom is 0.337 e. The summed E-state index contributed by atoms with van der Waals surface area (Å²) in [4.78, 5) is 11.4. The minimum Gasteiger partial charge on any atom is -0.487 e. The molecule has 0 unspecified atom stereocenters. The molecule has 2 N–H and O–H groups in total. The van der Waals surface area contributed by atoms with Gasteiger partial charge in [0.2, 0.25) is 0 Å². The minimum absolute atomic E-state index is 0.346. The first kappa shape index (κ1) is 13.0. The highest BCUT2D eigenvalue weighted by Gasteiger charge is 2.06. The van der Waals surface area contributed by atoms with E-state index >= 15 is 0 Å². The largest absolute Gasteiger partial charge is 0.487 e. The molecule has 0 spiro atoms. The van der Waals surface area contributed by atoms with Crippen LogP contribution in [-0.4, -0.2) is 13.1 Å². The van der Waals surface area contributed by atoms with E-state index in [2.05, 4.69) is 4.74 Å². The summed E-state index contributed by atoms with van der Waals surface area (Å²) < 4.78 is 10.3. The summed E-state index contributed by atoms with van der Waals surface area (Å²) in [5.41, 5.74) is 7.76. The zero-order chi connectivity index (χ0) is 13.7. The normalized spacial score (nSPS) is 9.95. The van der Waals surface area contributed by atoms with Gasteiger partial charge >= 0.3 is 5.97 Å². The highest BCUT2D eigenvalue weighted by atomic mass is 16.5. The lowest BCUT2D eigenvalue weighted by molar-refractivity contribution is 0.0600. The van der Waals surface area contributed by atoms with Gasteiger partial charge in [-0.3, -0.25) is 0 Å². The van der Waals surface area contributed by atoms with Gasteiger partial charge in [-0.25, -0.2) is 4.79 Å². The van der Waals surface area contributed by atoms with Gasteiger partial charge in [-0.05, 0) is 29.8 Å². The standard InChI is InChI=1S/C15H15NO3/c1-18-15(17)12-6-4-5-11(9-12)10-19-14-8-3-2-7-13(14)16/h2-9H,10,16H2,1H3. The summed E-state index contributed by atoms with van der Waals surface area (Å²) in [6.45, 7) is 0.346. The molecule has 0 radical (unpaired) electrons. The predicted octanol–water partition coefficient (Wildman–Crippen LogP) is 2.63. The molecule has 0 amide bonds. The van der Waals surface area contributed by atoms with Gasteiger partial charge in [0.05, 0.1) is 18.4 Å². The SMILES string of the molecule is COC(=O)c1cccc(COc2ccccc2N)c1. The van der Waals surface area contributed by atoms with Gasteiger partial charge in [0.25, 0.3) is 0 Å². The summed E-state index contributed by atoms with van der Waals surface area (Å²) >= 11 is 0. The number of esters is 1. The molecule has 0 bridgehead atoms. The Hall–Kier alpha value is -2.49. The number of carbonyl (C=O) groups is 1. The summed E-state index contributed by atoms with van der Waals surface area (Å²) in [5, 5.41) is 0. The number of rotatable bonds is 4. The van der Waals surface area contributed by atoms with Crippen molar-refractivity contribution in [3.63, 3.8) is 0 Å². The molecule has 0 aliphatic heterocycles. The Morgan fingerprint density at radius 3 is 2.68 bits per heavy atom. The molecule has 0 aliphatic rings. The number of nitrogens with two attached hydrogens (primary N) is 1. The van der Waals surface area contributed by atoms with Gasteiger partial charge in [-0.2, -0.15) is 0 Å². The van der Waals surface area contributed by atoms with Crippen LogP contribution in [0.3, 0.4) is 0 Å². The Bertz CT molecular complexity index is 581. The lowest BCUT2D eigenvalue weighted by Crippen LogP contribution is -2.03. The predicted molar refractivity (Wildman–Crippen MR) is 73.0 cm³/mol. The van der Waals surface area contributed by atoms with Crippen LogP contribution in [0.15, 0.2) is 48.5 Å². The summed E-state index contributed by atoms with van der Waals surface area (Å²) in [7, 11) is 1.36. The minimum atomic E-state index is -0.360. The first-order valence-corrected chi connectivity index (χ1v) is 5.85. The maximum atomic E-state index is 11.4. The lowest BCUT2D eigenvalue weighted by atomic mass is 10.1. The molecule has 0 aromatic heterocycles. The Kier molecular flexibility index (Phi) is 4.03. The molecule has 4 nitrogen and oxygen atoms in total. The van der Waals surface area contributed by atoms with Gasteiger partial charge in [0.15, 0.2) is 0 Å². The molecule has 0 fully saturated rings. The molecule has 2 rings (SSSR count). The number of hydrogen-bond donors (Lipinski definition) is 1. The van der Waals surface area contributed by atoms with E-state index in [0.717, 1.165) is 5.56 Å². The quantitative estimate of drug-likeness (QED) is 0.675. The lowest BCUT2D eigenvalue weighted by Gasteiger charge is -2.09. The van der Waals surface area contributed by atoms with Crippen molar-refractivity contribution < 1.29 is 14.3 Å². The summed E-state index contributed by atoms with van der Waals surface area (Å²) in [6, 6.07) is 14.4. The second-order valence-electron chi connectivity index (χ2n) is 4.02. The molecular weight excluding hydrogens is 242 g/mol. The van der Waals surface area contributed by atoms with E-state index in [-0.39, 0.29) is 5.97 Å². The third-order valence-corrected chi connectivity index (χ3v) is 2.66. The number of benzene rings is 2. The second kappa shape index (κ2) is 5.91. The number of ether oxygens (including phenoxy) is 2. The average molecular weight is 257 g/mol. The van der Waals surface area contributed by atoms with Crippen LogP contribution in [0.4, 0.5) is 5.69 Å². The van der Waals surface area contributed by atoms with Crippen molar-refractivity contribution in [1.29, 1.82) is 0 Å². The fourth-order valence-corrected chi connectivity index (χ4v) is 1.68. The van der Waals surface area contributed by atoms with Crippen LogP contribution in [0.25, 0.3) is 0 Å². The van der Waals surface area contributed by atoms with E-state index in [4.69, 9.17) is 10.5 Å². The van der Waals surface area contributed by atoms with Crippen LogP contribution in [0, 0.1) is 0 Å². The Labute approximate surface area is 111 Å². The van der Waals surface area contributed by atoms with Crippen LogP contribution in [0.5, 0.6) is 5.75 Å². The second-order valence-corrected chi connectivity index (χ2v) is 4.02. The van der Waals surface area contributed by atoms with Crippen LogP contribution >= 0.6 is 0 Å². The van der Waals surface area contributed by atoms with E-state index in [0.29, 0.717) is 23.6 Å². The molecule has 0 heterocycles. The number of methoxy groups -OCH3 is 1. The first-order valence-electron chi connectivity index (χ1n) is 5.85. The Balaban J connectivity index is 2.08. The summed E-state index contributed by atoms with van der Waals surface area (Å²) in [6.07, 6.45) is 0. The zero-order valence-corrected chi connectivity index (χ0v) is 10.6. The van der Waals surface area contributed by atoms with Crippen molar-refractivity contribution >= 4 is 11.7 Å². The highest BCUT2D eigenvalue weighted by molar-refractivity contribution is 5.89. The third kappa shape index (κ3) is 3.25. The number of nitrogen functional groups attached to an aromatic ring is 1. The van der Waals surface area contributed by atoms with Crippen molar-refractivity contribution in [2.75, 3.05) is 12.8 Å². The first-order chi connectivity index (χ1) is 9.20. The topological polar surface area (TPSA) is 61.5 Å². The van der Waals surface area contributed by atoms with Crippen LogP contribution in [0.2, 0.25) is 0 Å². The molecule has 0 saturated carbocycles. The van der Waals surface area contributed by atoms with Crippen LogP contribution in [0.1, 0.15) is 15.9 Å². The van der Waals surface area contributed by atoms with Crippen molar-refractivity contribution in [2.45, 2.75) is 6.61 Å². The molecule has 0 aliphatic carbocycles. The maximum absolute atomic E-state index is 11.4. The fraction of sp³-hybridized carbons (Fsp3) is 0.133. The molecule has 0 atom stereocenters. The van der Waals surface area contributed by atoms with Crippen molar-refractivity contribution in [2.24, 2.45) is 0 Å². The van der Waals surface area contributed by atoms with E-state index in [1.165, 1.54) is 7.11 Å². The van der Waals surface area contributed by atoms with E-state index in [1.807, 2.05) is 18.2 Å². The van der Waals surface area contributed by atoms with Gasteiger partial charge in [-0.1, -0.05) is 24.3 Å². The van der Waals surface area contributed by atoms with Crippen molar-refractivity contribution in [3.8, 4) is 5.75 Å². The van der Waals surface area contributed by atoms with E-state index < -0.39 is 0 Å². The van der Waals surface area contributed by atoms with E-state index in [9.17, 15) is 4.79 Å². The molecule has 98 valence electrons. The van der Waals surface area contributed by atoms with Crippen molar-refractivity contribution in [1.82, 2.24) is 0 Å². The van der Waals surface area contributed by atoms with Crippen LogP contribution in [-0.2, 0) is 11.3 Å². The van der Waals surface area contributed by atoms with E-state index in [1.54, 1.807) is 30.3 Å². The Morgan fingerprint density at radius 1 is 1.16 bits per heavy atom. The molecular formula is C15H15NO3. The summed E-state index contributed by atoms with van der Waals surface area (Å²) in [5.74, 6) is 0.270. The van der Waals surface area contributed by atoms with Gasteiger partial charge < -0.3 is 15.2 Å². The smallest absolute Gasteiger partial charge is 0.337 e. The zero-order valence-electron chi connectivity index (χ0n) is 10.6. The third-order valence-electron chi connectivity index (χ3n) is 2.66. The molecule has 2 aromatic carbocycles. The molecule has 4 heteroatoms. The Morgan fingerprint density at radius 2 is 1.95 bits per heavy atom. The monoisotopic (exact) mass is 257 g/mol. The number of anilines is 1. The number of para-hydroxylation sites is 2. The fourth-order valence-electron chi connectivity index (χ4n) is 1.68. The van der Waals surface area contributed by atoms with Crippen LogP contribution < -0.4 is 10.5 Å². The number of hydrogen-bond acceptors (Lipinski definition) is 4. The number of carbonyl (C=O) groups excluding carboxylic acids is 1. The average Bonchev–Trinajstić information content (AvgIpc) is 2.46. The molecule has 0 saturated heterocycles. The van der Waals surface area contributed by atoms with Crippen molar-refractivity contribution in [3.05, 3.63) is 59.7 Å². The molecule has 19 heavy (non-hydrogen) atoms.